The highest BCUT2D eigenvalue weighted by Gasteiger charge is 2.31. The molecule has 0 saturated carbocycles. The van der Waals surface area contributed by atoms with E-state index in [1.807, 2.05) is 60.9 Å². The fraction of sp³-hybridized carbons (Fsp3) is 0.345. The molecule has 0 fully saturated rings. The van der Waals surface area contributed by atoms with E-state index in [9.17, 15) is 14.4 Å². The quantitative estimate of drug-likeness (QED) is 0.171. The first-order valence-corrected chi connectivity index (χ1v) is 12.9. The number of carbonyl (C=O) groups excluding carboxylic acids is 3. The Morgan fingerprint density at radius 1 is 0.816 bits per heavy atom. The van der Waals surface area contributed by atoms with E-state index in [0.717, 1.165) is 32.9 Å². The lowest BCUT2D eigenvalue weighted by Crippen LogP contribution is -2.60. The average Bonchev–Trinajstić information content (AvgIpc) is 3.52. The van der Waals surface area contributed by atoms with Crippen LogP contribution >= 0.6 is 0 Å². The van der Waals surface area contributed by atoms with Crippen LogP contribution in [0.4, 0.5) is 0 Å². The van der Waals surface area contributed by atoms with E-state index >= 15 is 0 Å². The Kier molecular flexibility index (Phi) is 8.16. The Morgan fingerprint density at radius 2 is 1.37 bits per heavy atom. The van der Waals surface area contributed by atoms with Gasteiger partial charge in [0.1, 0.15) is 12.2 Å². The molecule has 6 N–H and O–H groups in total. The molecule has 2 aromatic heterocycles. The van der Waals surface area contributed by atoms with E-state index in [4.69, 9.17) is 0 Å². The van der Waals surface area contributed by atoms with Crippen molar-refractivity contribution in [3.8, 4) is 0 Å². The Bertz CT molecular complexity index is 1440. The van der Waals surface area contributed by atoms with Crippen LogP contribution < -0.4 is 21.3 Å². The molecule has 0 aliphatic heterocycles. The van der Waals surface area contributed by atoms with Gasteiger partial charge in [0.15, 0.2) is 0 Å². The van der Waals surface area contributed by atoms with E-state index in [1.54, 1.807) is 27.8 Å². The van der Waals surface area contributed by atoms with Crippen molar-refractivity contribution in [2.24, 2.45) is 0 Å². The van der Waals surface area contributed by atoms with Gasteiger partial charge in [0.2, 0.25) is 17.7 Å². The number of nitrogens with one attached hydrogen (secondary N) is 6. The van der Waals surface area contributed by atoms with E-state index in [0.29, 0.717) is 6.42 Å². The molecule has 0 radical (unpaired) electrons. The van der Waals surface area contributed by atoms with Crippen molar-refractivity contribution in [1.82, 2.24) is 31.2 Å². The molecule has 3 amide bonds. The molecule has 0 spiro atoms. The fourth-order valence-electron chi connectivity index (χ4n) is 4.41. The van der Waals surface area contributed by atoms with Gasteiger partial charge in [-0.1, -0.05) is 43.3 Å². The van der Waals surface area contributed by atoms with Crippen LogP contribution in [0.15, 0.2) is 60.9 Å². The van der Waals surface area contributed by atoms with Crippen LogP contribution in [0.5, 0.6) is 0 Å². The SMILES string of the molecule is CCC(=O)N[C@@H](Cc1c[nH]c2ccccc12)NC(=O)[C@@H](Cc1c[nH]c2ccccc12)NC(=O)C(C)(C)NC. The zero-order chi connectivity index (χ0) is 27.3. The summed E-state index contributed by atoms with van der Waals surface area (Å²) in [4.78, 5) is 45.6. The van der Waals surface area contributed by atoms with Crippen LogP contribution in [0.3, 0.4) is 0 Å². The lowest BCUT2D eigenvalue weighted by molar-refractivity contribution is -0.132. The molecule has 4 aromatic rings. The monoisotopic (exact) mass is 516 g/mol. The second kappa shape index (κ2) is 11.5. The first-order valence-electron chi connectivity index (χ1n) is 12.9. The highest BCUT2D eigenvalue weighted by molar-refractivity contribution is 5.93. The Morgan fingerprint density at radius 3 is 1.92 bits per heavy atom. The lowest BCUT2D eigenvalue weighted by Gasteiger charge is -2.28. The summed E-state index contributed by atoms with van der Waals surface area (Å²) in [5.74, 6) is -0.855. The maximum atomic E-state index is 13.7. The molecule has 2 aromatic carbocycles. The maximum Gasteiger partial charge on any atom is 0.244 e. The van der Waals surface area contributed by atoms with Crippen molar-refractivity contribution >= 4 is 39.5 Å². The van der Waals surface area contributed by atoms with Gasteiger partial charge in [0.05, 0.1) is 5.54 Å². The van der Waals surface area contributed by atoms with Gasteiger partial charge in [0, 0.05) is 53.5 Å². The van der Waals surface area contributed by atoms with Crippen LogP contribution in [0.1, 0.15) is 38.3 Å². The van der Waals surface area contributed by atoms with E-state index in [1.165, 1.54) is 0 Å². The van der Waals surface area contributed by atoms with Gasteiger partial charge < -0.3 is 31.2 Å². The van der Waals surface area contributed by atoms with Gasteiger partial charge in [-0.25, -0.2) is 0 Å². The fourth-order valence-corrected chi connectivity index (χ4v) is 4.41. The topological polar surface area (TPSA) is 131 Å². The smallest absolute Gasteiger partial charge is 0.244 e. The molecule has 4 rings (SSSR count). The van der Waals surface area contributed by atoms with Crippen LogP contribution in [-0.4, -0.2) is 52.5 Å². The third-order valence-corrected chi connectivity index (χ3v) is 6.99. The highest BCUT2D eigenvalue weighted by Crippen LogP contribution is 2.21. The molecular formula is C29H36N6O3. The summed E-state index contributed by atoms with van der Waals surface area (Å²) < 4.78 is 0. The van der Waals surface area contributed by atoms with Crippen LogP contribution in [0, 0.1) is 0 Å². The molecule has 200 valence electrons. The number of likely N-dealkylation sites (N-methyl/N-ethyl adjacent to an activating group) is 1. The zero-order valence-electron chi connectivity index (χ0n) is 22.3. The number of fused-ring (bicyclic) bond motifs is 2. The number of hydrogen-bond donors (Lipinski definition) is 6. The van der Waals surface area contributed by atoms with E-state index in [-0.39, 0.29) is 30.6 Å². The van der Waals surface area contributed by atoms with E-state index in [2.05, 4.69) is 31.2 Å². The normalized spacial score (nSPS) is 13.3. The Hall–Kier alpha value is -4.11. The number of amides is 3. The summed E-state index contributed by atoms with van der Waals surface area (Å²) in [5.41, 5.74) is 2.94. The molecule has 9 heteroatoms. The molecule has 2 heterocycles. The standard InChI is InChI=1S/C29H36N6O3/c1-5-26(36)34-25(15-19-17-32-23-13-9-7-11-21(19)23)35-27(37)24(33-28(38)29(2,3)30-4)14-18-16-31-22-12-8-6-10-20(18)22/h6-13,16-17,24-25,30-32H,5,14-15H2,1-4H3,(H,33,38)(H,34,36)(H,35,37)/t24-,25-/m1/s1. The van der Waals surface area contributed by atoms with Crippen molar-refractivity contribution in [3.05, 3.63) is 72.1 Å². The third kappa shape index (κ3) is 6.06. The molecule has 2 atom stereocenters. The second-order valence-corrected chi connectivity index (χ2v) is 10.0. The predicted octanol–water partition coefficient (Wildman–Crippen LogP) is 2.89. The average molecular weight is 517 g/mol. The molecule has 38 heavy (non-hydrogen) atoms. The molecule has 0 bridgehead atoms. The van der Waals surface area contributed by atoms with Crippen molar-refractivity contribution in [2.45, 2.75) is 57.8 Å². The summed E-state index contributed by atoms with van der Waals surface area (Å²) in [6.45, 7) is 5.27. The van der Waals surface area contributed by atoms with E-state index < -0.39 is 17.7 Å². The number of H-pyrrole nitrogens is 2. The molecular weight excluding hydrogens is 480 g/mol. The van der Waals surface area contributed by atoms with Crippen molar-refractivity contribution in [3.63, 3.8) is 0 Å². The zero-order valence-corrected chi connectivity index (χ0v) is 22.3. The van der Waals surface area contributed by atoms with Gasteiger partial charge in [-0.05, 0) is 44.2 Å². The number of benzene rings is 2. The first kappa shape index (κ1) is 26.9. The van der Waals surface area contributed by atoms with Crippen molar-refractivity contribution in [1.29, 1.82) is 0 Å². The minimum atomic E-state index is -0.876. The second-order valence-electron chi connectivity index (χ2n) is 10.0. The number of hydrogen-bond acceptors (Lipinski definition) is 4. The minimum absolute atomic E-state index is 0.177. The number of aromatic amines is 2. The summed E-state index contributed by atoms with van der Waals surface area (Å²) in [6, 6.07) is 14.8. The van der Waals surface area contributed by atoms with Gasteiger partial charge in [-0.2, -0.15) is 0 Å². The molecule has 0 aliphatic rings. The summed E-state index contributed by atoms with van der Waals surface area (Å²) in [5, 5.41) is 13.8. The Labute approximate surface area is 222 Å². The molecule has 0 saturated heterocycles. The van der Waals surface area contributed by atoms with Gasteiger partial charge in [0.25, 0.3) is 0 Å². The largest absolute Gasteiger partial charge is 0.361 e. The van der Waals surface area contributed by atoms with Gasteiger partial charge in [-0.15, -0.1) is 0 Å². The number of para-hydroxylation sites is 2. The predicted molar refractivity (Wildman–Crippen MR) is 149 cm³/mol. The van der Waals surface area contributed by atoms with Crippen LogP contribution in [0.25, 0.3) is 21.8 Å². The van der Waals surface area contributed by atoms with Gasteiger partial charge in [-0.3, -0.25) is 14.4 Å². The molecule has 0 unspecified atom stereocenters. The van der Waals surface area contributed by atoms with Gasteiger partial charge >= 0.3 is 0 Å². The third-order valence-electron chi connectivity index (χ3n) is 6.99. The lowest BCUT2D eigenvalue weighted by atomic mass is 10.0. The Balaban J connectivity index is 1.60. The van der Waals surface area contributed by atoms with Crippen molar-refractivity contribution < 1.29 is 14.4 Å². The van der Waals surface area contributed by atoms with Crippen LogP contribution in [-0.2, 0) is 27.2 Å². The maximum absolute atomic E-state index is 13.7. The minimum Gasteiger partial charge on any atom is -0.361 e. The highest BCUT2D eigenvalue weighted by atomic mass is 16.2. The van der Waals surface area contributed by atoms with Crippen molar-refractivity contribution in [2.75, 3.05) is 7.05 Å². The summed E-state index contributed by atoms with van der Waals surface area (Å²) in [7, 11) is 1.70. The van der Waals surface area contributed by atoms with Crippen LogP contribution in [0.2, 0.25) is 0 Å². The summed E-state index contributed by atoms with van der Waals surface area (Å²) in [6.07, 6.45) is 4.05. The number of rotatable bonds is 11. The number of aromatic nitrogens is 2. The summed E-state index contributed by atoms with van der Waals surface area (Å²) >= 11 is 0. The first-order chi connectivity index (χ1) is 18.2. The molecule has 0 aliphatic carbocycles. The molecule has 9 nitrogen and oxygen atoms in total. The number of carbonyl (C=O) groups is 3.